The van der Waals surface area contributed by atoms with Crippen LogP contribution in [0.5, 0.6) is 5.75 Å². The van der Waals surface area contributed by atoms with Gasteiger partial charge in [0.15, 0.2) is 6.79 Å². The molecule has 5 nitrogen and oxygen atoms in total. The number of ether oxygens (including phenoxy) is 2. The average molecular weight is 297 g/mol. The third-order valence-corrected chi connectivity index (χ3v) is 3.24. The van der Waals surface area contributed by atoms with Crippen LogP contribution in [-0.4, -0.2) is 22.9 Å². The van der Waals surface area contributed by atoms with Crippen molar-refractivity contribution in [2.24, 2.45) is 0 Å². The molecule has 0 atom stereocenters. The fourth-order valence-electron chi connectivity index (χ4n) is 2.15. The zero-order valence-electron chi connectivity index (χ0n) is 11.8. The van der Waals surface area contributed by atoms with Crippen molar-refractivity contribution in [1.29, 1.82) is 0 Å². The number of hydrogen-bond acceptors (Lipinski definition) is 3. The van der Waals surface area contributed by atoms with Crippen LogP contribution in [-0.2, 0) is 11.3 Å². The Balaban J connectivity index is 1.58. The molecular weight excluding hydrogens is 282 g/mol. The molecule has 0 saturated carbocycles. The Morgan fingerprint density at radius 2 is 1.91 bits per heavy atom. The standard InChI is InChI=1S/C17H15NO4/c19-17(20)16-8-13-6-7-14(9-15(13)18-16)22-11-21-10-12-4-2-1-3-5-12/h1-9,18H,10-11H2,(H,19,20). The molecule has 0 spiro atoms. The molecule has 0 radical (unpaired) electrons. The molecule has 1 heterocycles. The molecule has 0 fully saturated rings. The third kappa shape index (κ3) is 3.27. The van der Waals surface area contributed by atoms with Crippen LogP contribution >= 0.6 is 0 Å². The van der Waals surface area contributed by atoms with E-state index in [0.717, 1.165) is 16.5 Å². The first-order chi connectivity index (χ1) is 10.7. The molecule has 0 aliphatic heterocycles. The van der Waals surface area contributed by atoms with Crippen molar-refractivity contribution in [3.8, 4) is 5.75 Å². The maximum atomic E-state index is 10.9. The quantitative estimate of drug-likeness (QED) is 0.540. The number of carbonyl (C=O) groups is 1. The van der Waals surface area contributed by atoms with Gasteiger partial charge in [-0.1, -0.05) is 30.3 Å². The van der Waals surface area contributed by atoms with Crippen LogP contribution in [0.2, 0.25) is 0 Å². The van der Waals surface area contributed by atoms with E-state index in [0.29, 0.717) is 12.4 Å². The highest BCUT2D eigenvalue weighted by atomic mass is 16.7. The molecular formula is C17H15NO4. The van der Waals surface area contributed by atoms with E-state index in [-0.39, 0.29) is 12.5 Å². The van der Waals surface area contributed by atoms with E-state index in [2.05, 4.69) is 4.98 Å². The van der Waals surface area contributed by atoms with Crippen molar-refractivity contribution in [2.75, 3.05) is 6.79 Å². The SMILES string of the molecule is O=C(O)c1cc2ccc(OCOCc3ccccc3)cc2[nH]1. The second-order valence-electron chi connectivity index (χ2n) is 4.83. The molecule has 0 aliphatic carbocycles. The van der Waals surface area contributed by atoms with E-state index in [4.69, 9.17) is 14.6 Å². The van der Waals surface area contributed by atoms with Crippen molar-refractivity contribution >= 4 is 16.9 Å². The minimum Gasteiger partial charge on any atom is -0.477 e. The Morgan fingerprint density at radius 3 is 2.68 bits per heavy atom. The highest BCUT2D eigenvalue weighted by Gasteiger charge is 2.07. The monoisotopic (exact) mass is 297 g/mol. The number of H-pyrrole nitrogens is 1. The van der Waals surface area contributed by atoms with Crippen LogP contribution in [0.15, 0.2) is 54.6 Å². The summed E-state index contributed by atoms with van der Waals surface area (Å²) in [5, 5.41) is 9.78. The number of carboxylic acids is 1. The molecule has 0 aliphatic rings. The van der Waals surface area contributed by atoms with Crippen molar-refractivity contribution in [2.45, 2.75) is 6.61 Å². The largest absolute Gasteiger partial charge is 0.477 e. The van der Waals surface area contributed by atoms with E-state index in [9.17, 15) is 4.79 Å². The van der Waals surface area contributed by atoms with Crippen molar-refractivity contribution in [1.82, 2.24) is 4.98 Å². The number of carboxylic acid groups (broad SMARTS) is 1. The Bertz CT molecular complexity index is 780. The Morgan fingerprint density at radius 1 is 1.09 bits per heavy atom. The number of hydrogen-bond donors (Lipinski definition) is 2. The second-order valence-corrected chi connectivity index (χ2v) is 4.83. The van der Waals surface area contributed by atoms with Crippen LogP contribution in [0.4, 0.5) is 0 Å². The lowest BCUT2D eigenvalue weighted by Gasteiger charge is -2.07. The first kappa shape index (κ1) is 14.2. The van der Waals surface area contributed by atoms with Gasteiger partial charge in [0.25, 0.3) is 0 Å². The number of rotatable bonds is 6. The fourth-order valence-corrected chi connectivity index (χ4v) is 2.15. The van der Waals surface area contributed by atoms with Gasteiger partial charge in [0.1, 0.15) is 11.4 Å². The van der Waals surface area contributed by atoms with Crippen LogP contribution in [0.25, 0.3) is 10.9 Å². The van der Waals surface area contributed by atoms with Crippen LogP contribution in [0, 0.1) is 0 Å². The summed E-state index contributed by atoms with van der Waals surface area (Å²) in [6.45, 7) is 0.613. The zero-order valence-corrected chi connectivity index (χ0v) is 11.8. The van der Waals surface area contributed by atoms with Gasteiger partial charge >= 0.3 is 5.97 Å². The molecule has 2 aromatic carbocycles. The number of nitrogens with one attached hydrogen (secondary N) is 1. The number of benzene rings is 2. The van der Waals surface area contributed by atoms with Gasteiger partial charge in [0.2, 0.25) is 0 Å². The molecule has 22 heavy (non-hydrogen) atoms. The lowest BCUT2D eigenvalue weighted by Crippen LogP contribution is -2.02. The Labute approximate surface area is 127 Å². The molecule has 3 rings (SSSR count). The summed E-state index contributed by atoms with van der Waals surface area (Å²) in [6.07, 6.45) is 0. The normalized spacial score (nSPS) is 10.7. The summed E-state index contributed by atoms with van der Waals surface area (Å²) in [4.78, 5) is 13.7. The van der Waals surface area contributed by atoms with E-state index < -0.39 is 5.97 Å². The molecule has 2 N–H and O–H groups in total. The Kier molecular flexibility index (Phi) is 4.07. The van der Waals surface area contributed by atoms with Crippen molar-refractivity contribution in [3.63, 3.8) is 0 Å². The van der Waals surface area contributed by atoms with Gasteiger partial charge in [0.05, 0.1) is 6.61 Å². The van der Waals surface area contributed by atoms with Gasteiger partial charge < -0.3 is 19.6 Å². The highest BCUT2D eigenvalue weighted by Crippen LogP contribution is 2.21. The fraction of sp³-hybridized carbons (Fsp3) is 0.118. The van der Waals surface area contributed by atoms with Gasteiger partial charge in [-0.25, -0.2) is 4.79 Å². The van der Waals surface area contributed by atoms with Gasteiger partial charge in [-0.15, -0.1) is 0 Å². The smallest absolute Gasteiger partial charge is 0.352 e. The summed E-state index contributed by atoms with van der Waals surface area (Å²) in [7, 11) is 0. The average Bonchev–Trinajstić information content (AvgIpc) is 2.96. The third-order valence-electron chi connectivity index (χ3n) is 3.24. The number of aromatic amines is 1. The molecule has 112 valence electrons. The predicted molar refractivity (Wildman–Crippen MR) is 82.0 cm³/mol. The number of aromatic nitrogens is 1. The highest BCUT2D eigenvalue weighted by molar-refractivity contribution is 5.94. The molecule has 3 aromatic rings. The molecule has 0 bridgehead atoms. The van der Waals surface area contributed by atoms with Crippen LogP contribution in [0.1, 0.15) is 16.1 Å². The zero-order chi connectivity index (χ0) is 15.4. The number of fused-ring (bicyclic) bond motifs is 1. The van der Waals surface area contributed by atoms with Gasteiger partial charge in [0, 0.05) is 17.0 Å². The van der Waals surface area contributed by atoms with Gasteiger partial charge in [-0.3, -0.25) is 0 Å². The second kappa shape index (κ2) is 6.32. The minimum atomic E-state index is -0.982. The minimum absolute atomic E-state index is 0.132. The molecule has 1 aromatic heterocycles. The van der Waals surface area contributed by atoms with E-state index in [1.54, 1.807) is 18.2 Å². The van der Waals surface area contributed by atoms with Crippen molar-refractivity contribution < 1.29 is 19.4 Å². The lowest BCUT2D eigenvalue weighted by molar-refractivity contribution is 0.00511. The van der Waals surface area contributed by atoms with E-state index >= 15 is 0 Å². The predicted octanol–water partition coefficient (Wildman–Crippen LogP) is 3.42. The summed E-state index contributed by atoms with van der Waals surface area (Å²) in [5.74, 6) is -0.357. The summed E-state index contributed by atoms with van der Waals surface area (Å²) in [5.41, 5.74) is 1.96. The molecule has 0 amide bonds. The van der Waals surface area contributed by atoms with Gasteiger partial charge in [-0.2, -0.15) is 0 Å². The van der Waals surface area contributed by atoms with E-state index in [1.165, 1.54) is 0 Å². The molecule has 0 unspecified atom stereocenters. The number of aromatic carboxylic acids is 1. The first-order valence-corrected chi connectivity index (χ1v) is 6.83. The lowest BCUT2D eigenvalue weighted by atomic mass is 10.2. The first-order valence-electron chi connectivity index (χ1n) is 6.83. The molecule has 0 saturated heterocycles. The van der Waals surface area contributed by atoms with Crippen molar-refractivity contribution in [3.05, 3.63) is 65.9 Å². The summed E-state index contributed by atoms with van der Waals surface area (Å²) < 4.78 is 11.0. The topological polar surface area (TPSA) is 71.6 Å². The maximum absolute atomic E-state index is 10.9. The summed E-state index contributed by atoms with van der Waals surface area (Å²) in [6, 6.07) is 16.8. The van der Waals surface area contributed by atoms with Crippen LogP contribution in [0.3, 0.4) is 0 Å². The molecule has 5 heteroatoms. The van der Waals surface area contributed by atoms with Crippen LogP contribution < -0.4 is 4.74 Å². The summed E-state index contributed by atoms with van der Waals surface area (Å²) >= 11 is 0. The van der Waals surface area contributed by atoms with E-state index in [1.807, 2.05) is 36.4 Å². The maximum Gasteiger partial charge on any atom is 0.352 e. The van der Waals surface area contributed by atoms with Gasteiger partial charge in [-0.05, 0) is 23.8 Å². The Hall–Kier alpha value is -2.79.